The SMILES string of the molecule is Cc1cc(C)n(CC2CCOCC2)n1. The number of hydrogen-bond donors (Lipinski definition) is 0. The summed E-state index contributed by atoms with van der Waals surface area (Å²) in [6.07, 6.45) is 2.36. The highest BCUT2D eigenvalue weighted by atomic mass is 16.5. The van der Waals surface area contributed by atoms with E-state index >= 15 is 0 Å². The van der Waals surface area contributed by atoms with Gasteiger partial charge in [-0.15, -0.1) is 0 Å². The van der Waals surface area contributed by atoms with E-state index in [4.69, 9.17) is 4.74 Å². The summed E-state index contributed by atoms with van der Waals surface area (Å²) in [5, 5.41) is 4.48. The van der Waals surface area contributed by atoms with E-state index in [9.17, 15) is 0 Å². The lowest BCUT2D eigenvalue weighted by molar-refractivity contribution is 0.0599. The van der Waals surface area contributed by atoms with E-state index in [-0.39, 0.29) is 0 Å². The van der Waals surface area contributed by atoms with Crippen LogP contribution in [0.25, 0.3) is 0 Å². The average Bonchev–Trinajstić information content (AvgIpc) is 2.47. The molecule has 1 aromatic heterocycles. The van der Waals surface area contributed by atoms with Crippen LogP contribution in [0.1, 0.15) is 24.2 Å². The third-order valence-corrected chi connectivity index (χ3v) is 2.88. The molecule has 0 spiro atoms. The molecule has 1 aliphatic rings. The second-order valence-corrected chi connectivity index (χ2v) is 4.16. The van der Waals surface area contributed by atoms with Gasteiger partial charge in [-0.2, -0.15) is 5.10 Å². The van der Waals surface area contributed by atoms with Gasteiger partial charge < -0.3 is 4.74 Å². The molecule has 14 heavy (non-hydrogen) atoms. The molecule has 1 saturated heterocycles. The van der Waals surface area contributed by atoms with Crippen LogP contribution in [-0.2, 0) is 11.3 Å². The normalized spacial score (nSPS) is 18.7. The van der Waals surface area contributed by atoms with Crippen molar-refractivity contribution in [2.24, 2.45) is 5.92 Å². The molecule has 0 unspecified atom stereocenters. The largest absolute Gasteiger partial charge is 0.381 e. The van der Waals surface area contributed by atoms with Crippen LogP contribution in [0, 0.1) is 19.8 Å². The molecule has 2 rings (SSSR count). The van der Waals surface area contributed by atoms with Gasteiger partial charge >= 0.3 is 0 Å². The molecule has 0 aromatic carbocycles. The zero-order valence-corrected chi connectivity index (χ0v) is 8.99. The minimum Gasteiger partial charge on any atom is -0.381 e. The second-order valence-electron chi connectivity index (χ2n) is 4.16. The first-order valence-electron chi connectivity index (χ1n) is 5.34. The summed E-state index contributed by atoms with van der Waals surface area (Å²) in [7, 11) is 0. The molecular formula is C11H18N2O. The predicted molar refractivity (Wildman–Crippen MR) is 55.2 cm³/mol. The summed E-state index contributed by atoms with van der Waals surface area (Å²) in [6.45, 7) is 7.07. The lowest BCUT2D eigenvalue weighted by atomic mass is 10.0. The first-order chi connectivity index (χ1) is 6.75. The van der Waals surface area contributed by atoms with Crippen LogP contribution in [0.15, 0.2) is 6.07 Å². The van der Waals surface area contributed by atoms with Crippen molar-refractivity contribution >= 4 is 0 Å². The summed E-state index contributed by atoms with van der Waals surface area (Å²) in [4.78, 5) is 0. The lowest BCUT2D eigenvalue weighted by Gasteiger charge is -2.22. The van der Waals surface area contributed by atoms with Crippen LogP contribution < -0.4 is 0 Å². The van der Waals surface area contributed by atoms with E-state index < -0.39 is 0 Å². The number of nitrogens with zero attached hydrogens (tertiary/aromatic N) is 2. The summed E-state index contributed by atoms with van der Waals surface area (Å²) in [5.41, 5.74) is 2.39. The van der Waals surface area contributed by atoms with Gasteiger partial charge in [0.2, 0.25) is 0 Å². The van der Waals surface area contributed by atoms with Crippen molar-refractivity contribution in [3.05, 3.63) is 17.5 Å². The van der Waals surface area contributed by atoms with Gasteiger partial charge in [-0.1, -0.05) is 0 Å². The van der Waals surface area contributed by atoms with Crippen molar-refractivity contribution in [2.45, 2.75) is 33.2 Å². The molecule has 0 amide bonds. The average molecular weight is 194 g/mol. The fraction of sp³-hybridized carbons (Fsp3) is 0.727. The Kier molecular flexibility index (Phi) is 2.87. The van der Waals surface area contributed by atoms with Crippen molar-refractivity contribution in [3.63, 3.8) is 0 Å². The first kappa shape index (κ1) is 9.71. The molecule has 1 fully saturated rings. The minimum atomic E-state index is 0.752. The van der Waals surface area contributed by atoms with Gasteiger partial charge in [0.1, 0.15) is 0 Å². The molecule has 0 N–H and O–H groups in total. The van der Waals surface area contributed by atoms with Crippen LogP contribution in [0.2, 0.25) is 0 Å². The van der Waals surface area contributed by atoms with Gasteiger partial charge in [0.05, 0.1) is 5.69 Å². The molecule has 78 valence electrons. The monoisotopic (exact) mass is 194 g/mol. The van der Waals surface area contributed by atoms with Gasteiger partial charge in [-0.05, 0) is 38.7 Å². The maximum Gasteiger partial charge on any atom is 0.0596 e. The van der Waals surface area contributed by atoms with Crippen LogP contribution in [0.3, 0.4) is 0 Å². The van der Waals surface area contributed by atoms with Gasteiger partial charge in [0.15, 0.2) is 0 Å². The second kappa shape index (κ2) is 4.13. The molecule has 1 aromatic rings. The molecule has 0 aliphatic carbocycles. The third-order valence-electron chi connectivity index (χ3n) is 2.88. The Hall–Kier alpha value is -0.830. The molecule has 0 saturated carbocycles. The maximum absolute atomic E-state index is 5.34. The zero-order valence-electron chi connectivity index (χ0n) is 8.99. The number of aromatic nitrogens is 2. The van der Waals surface area contributed by atoms with Crippen LogP contribution >= 0.6 is 0 Å². The van der Waals surface area contributed by atoms with E-state index in [0.29, 0.717) is 0 Å². The fourth-order valence-electron chi connectivity index (χ4n) is 2.03. The first-order valence-corrected chi connectivity index (χ1v) is 5.34. The van der Waals surface area contributed by atoms with Gasteiger partial charge in [0, 0.05) is 25.5 Å². The highest BCUT2D eigenvalue weighted by molar-refractivity contribution is 5.06. The highest BCUT2D eigenvalue weighted by Crippen LogP contribution is 2.17. The summed E-state index contributed by atoms with van der Waals surface area (Å²) in [6, 6.07) is 2.14. The van der Waals surface area contributed by atoms with Gasteiger partial charge in [-0.3, -0.25) is 4.68 Å². The smallest absolute Gasteiger partial charge is 0.0596 e. The summed E-state index contributed by atoms with van der Waals surface area (Å²) in [5.74, 6) is 0.752. The molecule has 0 atom stereocenters. The van der Waals surface area contributed by atoms with Crippen molar-refractivity contribution in [3.8, 4) is 0 Å². The van der Waals surface area contributed by atoms with Crippen LogP contribution in [-0.4, -0.2) is 23.0 Å². The van der Waals surface area contributed by atoms with Gasteiger partial charge in [-0.25, -0.2) is 0 Å². The lowest BCUT2D eigenvalue weighted by Crippen LogP contribution is -2.21. The Morgan fingerprint density at radius 3 is 2.71 bits per heavy atom. The molecule has 3 nitrogen and oxygen atoms in total. The van der Waals surface area contributed by atoms with E-state index in [1.165, 1.54) is 18.5 Å². The third kappa shape index (κ3) is 2.15. The highest BCUT2D eigenvalue weighted by Gasteiger charge is 2.15. The predicted octanol–water partition coefficient (Wildman–Crippen LogP) is 1.93. The van der Waals surface area contributed by atoms with E-state index in [0.717, 1.165) is 31.4 Å². The number of aryl methyl sites for hydroxylation is 2. The number of rotatable bonds is 2. The molecule has 1 aliphatic heterocycles. The minimum absolute atomic E-state index is 0.752. The Balaban J connectivity index is 1.98. The van der Waals surface area contributed by atoms with E-state index in [1.807, 2.05) is 6.92 Å². The van der Waals surface area contributed by atoms with Crippen molar-refractivity contribution in [1.82, 2.24) is 9.78 Å². The van der Waals surface area contributed by atoms with Crippen LogP contribution in [0.5, 0.6) is 0 Å². The summed E-state index contributed by atoms with van der Waals surface area (Å²) >= 11 is 0. The van der Waals surface area contributed by atoms with Crippen molar-refractivity contribution in [2.75, 3.05) is 13.2 Å². The molecule has 3 heteroatoms. The molecule has 0 radical (unpaired) electrons. The van der Waals surface area contributed by atoms with E-state index in [2.05, 4.69) is 22.8 Å². The standard InChI is InChI=1S/C11H18N2O/c1-9-7-10(2)13(12-9)8-11-3-5-14-6-4-11/h7,11H,3-6,8H2,1-2H3. The zero-order chi connectivity index (χ0) is 9.97. The molecular weight excluding hydrogens is 176 g/mol. The van der Waals surface area contributed by atoms with Gasteiger partial charge in [0.25, 0.3) is 0 Å². The van der Waals surface area contributed by atoms with Crippen molar-refractivity contribution < 1.29 is 4.74 Å². The Morgan fingerprint density at radius 1 is 1.43 bits per heavy atom. The Morgan fingerprint density at radius 2 is 2.14 bits per heavy atom. The Labute approximate surface area is 85.1 Å². The topological polar surface area (TPSA) is 27.1 Å². The quantitative estimate of drug-likeness (QED) is 0.719. The van der Waals surface area contributed by atoms with Crippen molar-refractivity contribution in [1.29, 1.82) is 0 Å². The maximum atomic E-state index is 5.34. The van der Waals surface area contributed by atoms with Crippen LogP contribution in [0.4, 0.5) is 0 Å². The number of hydrogen-bond acceptors (Lipinski definition) is 2. The molecule has 2 heterocycles. The Bertz CT molecular complexity index is 300. The van der Waals surface area contributed by atoms with E-state index in [1.54, 1.807) is 0 Å². The molecule has 0 bridgehead atoms. The fourth-order valence-corrected chi connectivity index (χ4v) is 2.03. The number of ether oxygens (including phenoxy) is 1. The summed E-state index contributed by atoms with van der Waals surface area (Å²) < 4.78 is 7.47.